The smallest absolute Gasteiger partial charge is 0.319 e. The number of aliphatic hydroxyl groups excluding tert-OH is 1. The van der Waals surface area contributed by atoms with Crippen LogP contribution in [0, 0.1) is 0 Å². The van der Waals surface area contributed by atoms with Crippen LogP contribution in [0.2, 0.25) is 0 Å². The molecule has 0 saturated heterocycles. The Bertz CT molecular complexity index is 546. The summed E-state index contributed by atoms with van der Waals surface area (Å²) in [7, 11) is 0. The summed E-state index contributed by atoms with van der Waals surface area (Å²) < 4.78 is 0. The third-order valence-electron chi connectivity index (χ3n) is 3.20. The van der Waals surface area contributed by atoms with Crippen LogP contribution in [-0.2, 0) is 0 Å². The van der Waals surface area contributed by atoms with Crippen LogP contribution in [0.1, 0.15) is 17.9 Å². The summed E-state index contributed by atoms with van der Waals surface area (Å²) >= 11 is 0. The molecule has 1 unspecified atom stereocenters. The minimum absolute atomic E-state index is 0.0905. The zero-order valence-corrected chi connectivity index (χ0v) is 11.7. The van der Waals surface area contributed by atoms with Crippen molar-refractivity contribution in [3.8, 4) is 0 Å². The summed E-state index contributed by atoms with van der Waals surface area (Å²) in [5.41, 5.74) is 1.80. The van der Waals surface area contributed by atoms with Crippen LogP contribution in [0.3, 0.4) is 0 Å². The maximum absolute atomic E-state index is 11.8. The van der Waals surface area contributed by atoms with Gasteiger partial charge in [-0.2, -0.15) is 0 Å². The van der Waals surface area contributed by atoms with Crippen molar-refractivity contribution in [2.45, 2.75) is 12.3 Å². The first-order valence-electron chi connectivity index (χ1n) is 6.90. The summed E-state index contributed by atoms with van der Waals surface area (Å²) in [6, 6.07) is 13.0. The highest BCUT2D eigenvalue weighted by atomic mass is 16.3. The molecule has 1 aromatic carbocycles. The van der Waals surface area contributed by atoms with Crippen LogP contribution in [0.5, 0.6) is 0 Å². The number of urea groups is 1. The average molecular weight is 285 g/mol. The van der Waals surface area contributed by atoms with E-state index in [2.05, 4.69) is 15.6 Å². The molecule has 21 heavy (non-hydrogen) atoms. The topological polar surface area (TPSA) is 74.2 Å². The number of hydrogen-bond donors (Lipinski definition) is 3. The van der Waals surface area contributed by atoms with Crippen molar-refractivity contribution in [1.29, 1.82) is 0 Å². The van der Waals surface area contributed by atoms with E-state index < -0.39 is 0 Å². The van der Waals surface area contributed by atoms with Crippen molar-refractivity contribution in [2.75, 3.05) is 18.5 Å². The Morgan fingerprint density at radius 2 is 1.86 bits per heavy atom. The number of carbonyl (C=O) groups excluding carboxylic acids is 1. The van der Waals surface area contributed by atoms with Gasteiger partial charge in [-0.15, -0.1) is 0 Å². The van der Waals surface area contributed by atoms with Gasteiger partial charge in [-0.3, -0.25) is 4.98 Å². The van der Waals surface area contributed by atoms with Crippen LogP contribution in [0.4, 0.5) is 10.5 Å². The lowest BCUT2D eigenvalue weighted by Crippen LogP contribution is -2.32. The number of hydrogen-bond acceptors (Lipinski definition) is 3. The second kappa shape index (κ2) is 8.01. The molecule has 110 valence electrons. The Morgan fingerprint density at radius 1 is 1.14 bits per heavy atom. The number of aromatic nitrogens is 1. The Labute approximate surface area is 124 Å². The molecule has 1 aromatic heterocycles. The molecule has 0 aliphatic heterocycles. The second-order valence-electron chi connectivity index (χ2n) is 4.69. The van der Waals surface area contributed by atoms with E-state index in [1.54, 1.807) is 24.5 Å². The summed E-state index contributed by atoms with van der Waals surface area (Å²) in [4.78, 5) is 15.7. The van der Waals surface area contributed by atoms with Crippen molar-refractivity contribution < 1.29 is 9.90 Å². The van der Waals surface area contributed by atoms with E-state index >= 15 is 0 Å². The van der Waals surface area contributed by atoms with Gasteiger partial charge in [-0.05, 0) is 24.1 Å². The zero-order chi connectivity index (χ0) is 14.9. The van der Waals surface area contributed by atoms with Gasteiger partial charge in [0, 0.05) is 37.2 Å². The van der Waals surface area contributed by atoms with Crippen LogP contribution >= 0.6 is 0 Å². The minimum Gasteiger partial charge on any atom is -0.396 e. The van der Waals surface area contributed by atoms with Gasteiger partial charge < -0.3 is 15.7 Å². The van der Waals surface area contributed by atoms with Crippen molar-refractivity contribution in [3.63, 3.8) is 0 Å². The number of benzene rings is 1. The Morgan fingerprint density at radius 3 is 2.52 bits per heavy atom. The molecule has 2 amide bonds. The van der Waals surface area contributed by atoms with Gasteiger partial charge in [0.05, 0.1) is 0 Å². The van der Waals surface area contributed by atoms with E-state index in [-0.39, 0.29) is 18.6 Å². The van der Waals surface area contributed by atoms with Crippen LogP contribution < -0.4 is 10.6 Å². The molecule has 1 atom stereocenters. The third-order valence-corrected chi connectivity index (χ3v) is 3.20. The van der Waals surface area contributed by atoms with Gasteiger partial charge in [-0.1, -0.05) is 30.3 Å². The quantitative estimate of drug-likeness (QED) is 0.763. The zero-order valence-electron chi connectivity index (χ0n) is 11.7. The van der Waals surface area contributed by atoms with E-state index in [0.29, 0.717) is 18.7 Å². The molecule has 0 radical (unpaired) electrons. The average Bonchev–Trinajstić information content (AvgIpc) is 2.53. The maximum Gasteiger partial charge on any atom is 0.319 e. The lowest BCUT2D eigenvalue weighted by atomic mass is 9.96. The monoisotopic (exact) mass is 285 g/mol. The highest BCUT2D eigenvalue weighted by Crippen LogP contribution is 2.18. The van der Waals surface area contributed by atoms with Crippen molar-refractivity contribution in [3.05, 3.63) is 60.4 Å². The lowest BCUT2D eigenvalue weighted by Gasteiger charge is -2.17. The number of amides is 2. The fourth-order valence-electron chi connectivity index (χ4n) is 2.09. The highest BCUT2D eigenvalue weighted by molar-refractivity contribution is 5.89. The van der Waals surface area contributed by atoms with E-state index in [1.807, 2.05) is 30.3 Å². The maximum atomic E-state index is 11.8. The van der Waals surface area contributed by atoms with Gasteiger partial charge in [0.1, 0.15) is 0 Å². The second-order valence-corrected chi connectivity index (χ2v) is 4.69. The van der Waals surface area contributed by atoms with E-state index in [0.717, 1.165) is 5.56 Å². The van der Waals surface area contributed by atoms with Gasteiger partial charge in [0.15, 0.2) is 0 Å². The molecule has 0 saturated carbocycles. The molecule has 0 aliphatic carbocycles. The Kier molecular flexibility index (Phi) is 5.72. The van der Waals surface area contributed by atoms with Gasteiger partial charge >= 0.3 is 6.03 Å². The minimum atomic E-state index is -0.264. The molecule has 1 heterocycles. The molecule has 0 spiro atoms. The molecule has 0 aliphatic rings. The fraction of sp³-hybridized carbons (Fsp3) is 0.250. The number of carbonyl (C=O) groups is 1. The first-order valence-corrected chi connectivity index (χ1v) is 6.90. The lowest BCUT2D eigenvalue weighted by molar-refractivity contribution is 0.248. The normalized spacial score (nSPS) is 11.7. The van der Waals surface area contributed by atoms with Crippen molar-refractivity contribution >= 4 is 11.7 Å². The molecular formula is C16H19N3O2. The molecular weight excluding hydrogens is 266 g/mol. The molecule has 2 rings (SSSR count). The van der Waals surface area contributed by atoms with Crippen LogP contribution in [0.25, 0.3) is 0 Å². The number of pyridine rings is 1. The number of aliphatic hydroxyl groups is 1. The summed E-state index contributed by atoms with van der Waals surface area (Å²) in [5.74, 6) is 0.0967. The Balaban J connectivity index is 1.88. The highest BCUT2D eigenvalue weighted by Gasteiger charge is 2.12. The first-order chi connectivity index (χ1) is 10.3. The third kappa shape index (κ3) is 4.89. The summed E-state index contributed by atoms with van der Waals surface area (Å²) in [5, 5.41) is 14.7. The molecule has 5 heteroatoms. The molecule has 5 nitrogen and oxygen atoms in total. The van der Waals surface area contributed by atoms with Crippen molar-refractivity contribution in [2.24, 2.45) is 0 Å². The van der Waals surface area contributed by atoms with Crippen LogP contribution in [-0.4, -0.2) is 29.3 Å². The standard InChI is InChI=1S/C16H19N3O2/c20-11-8-14(13-4-2-1-3-5-13)12-18-16(21)19-15-6-9-17-10-7-15/h1-7,9-10,14,20H,8,11-12H2,(H2,17,18,19,21). The fourth-order valence-corrected chi connectivity index (χ4v) is 2.09. The molecule has 2 aromatic rings. The van der Waals surface area contributed by atoms with E-state index in [1.165, 1.54) is 0 Å². The number of nitrogens with one attached hydrogen (secondary N) is 2. The summed E-state index contributed by atoms with van der Waals surface area (Å²) in [6.45, 7) is 0.564. The van der Waals surface area contributed by atoms with E-state index in [4.69, 9.17) is 5.11 Å². The van der Waals surface area contributed by atoms with Gasteiger partial charge in [-0.25, -0.2) is 4.79 Å². The molecule has 3 N–H and O–H groups in total. The predicted molar refractivity (Wildman–Crippen MR) is 82.1 cm³/mol. The first kappa shape index (κ1) is 15.0. The van der Waals surface area contributed by atoms with Crippen molar-refractivity contribution in [1.82, 2.24) is 10.3 Å². The molecule has 0 fully saturated rings. The Hall–Kier alpha value is -2.40. The number of rotatable bonds is 6. The number of anilines is 1. The number of nitrogens with zero attached hydrogens (tertiary/aromatic N) is 1. The van der Waals surface area contributed by atoms with Gasteiger partial charge in [0.2, 0.25) is 0 Å². The van der Waals surface area contributed by atoms with Crippen LogP contribution in [0.15, 0.2) is 54.9 Å². The van der Waals surface area contributed by atoms with E-state index in [9.17, 15) is 4.79 Å². The SMILES string of the molecule is O=C(NCC(CCO)c1ccccc1)Nc1ccncc1. The summed E-state index contributed by atoms with van der Waals surface area (Å²) in [6.07, 6.45) is 3.85. The largest absolute Gasteiger partial charge is 0.396 e. The molecule has 0 bridgehead atoms. The van der Waals surface area contributed by atoms with Gasteiger partial charge in [0.25, 0.3) is 0 Å². The predicted octanol–water partition coefficient (Wildman–Crippen LogP) is 2.37.